The van der Waals surface area contributed by atoms with Crippen LogP contribution in [0.3, 0.4) is 0 Å². The Morgan fingerprint density at radius 3 is 2.95 bits per heavy atom. The van der Waals surface area contributed by atoms with E-state index < -0.39 is 0 Å². The van der Waals surface area contributed by atoms with Crippen LogP contribution in [0.4, 0.5) is 0 Å². The third-order valence-corrected chi connectivity index (χ3v) is 4.90. The molecule has 108 valence electrons. The van der Waals surface area contributed by atoms with Gasteiger partial charge in [0.25, 0.3) is 0 Å². The molecule has 1 fully saturated rings. The van der Waals surface area contributed by atoms with Gasteiger partial charge in [0.15, 0.2) is 0 Å². The lowest BCUT2D eigenvalue weighted by Crippen LogP contribution is -2.33. The molecule has 0 aliphatic heterocycles. The molecule has 0 radical (unpaired) electrons. The van der Waals surface area contributed by atoms with Crippen molar-refractivity contribution in [1.82, 2.24) is 9.55 Å². The number of hydrogen-bond acceptors (Lipinski definition) is 2. The number of fused-ring (bicyclic) bond motifs is 1. The zero-order chi connectivity index (χ0) is 13.9. The average Bonchev–Trinajstić information content (AvgIpc) is 2.90. The van der Waals surface area contributed by atoms with Crippen molar-refractivity contribution in [3.05, 3.63) is 30.6 Å². The van der Waals surface area contributed by atoms with Gasteiger partial charge in [-0.05, 0) is 30.4 Å². The molecule has 1 N–H and O–H groups in total. The molecular formula is C17H24N2O. The quantitative estimate of drug-likeness (QED) is 0.923. The van der Waals surface area contributed by atoms with E-state index in [0.717, 1.165) is 11.0 Å². The van der Waals surface area contributed by atoms with Crippen LogP contribution in [0.2, 0.25) is 0 Å². The molecule has 1 heterocycles. The van der Waals surface area contributed by atoms with E-state index >= 15 is 0 Å². The van der Waals surface area contributed by atoms with Crippen molar-refractivity contribution in [1.29, 1.82) is 0 Å². The highest BCUT2D eigenvalue weighted by Gasteiger charge is 2.29. The molecule has 0 saturated heterocycles. The predicted octanol–water partition coefficient (Wildman–Crippen LogP) is 3.61. The summed E-state index contributed by atoms with van der Waals surface area (Å²) in [5.41, 5.74) is 2.13. The molecule has 1 aromatic heterocycles. The van der Waals surface area contributed by atoms with Gasteiger partial charge in [-0.25, -0.2) is 4.98 Å². The van der Waals surface area contributed by atoms with Crippen LogP contribution < -0.4 is 0 Å². The summed E-state index contributed by atoms with van der Waals surface area (Å²) >= 11 is 0. The standard InChI is InChI=1S/C17H24N2O/c1-2-13-7-3-4-8-14(13)17(20)11-19-12-18-15-9-5-6-10-16(15)19/h5-6,9-10,12-14,17,20H,2-4,7-8,11H2,1H3. The molecule has 3 rings (SSSR count). The van der Waals surface area contributed by atoms with Gasteiger partial charge in [-0.3, -0.25) is 0 Å². The first kappa shape index (κ1) is 13.6. The first-order valence-corrected chi connectivity index (χ1v) is 7.87. The highest BCUT2D eigenvalue weighted by molar-refractivity contribution is 5.74. The Kier molecular flexibility index (Phi) is 4.06. The van der Waals surface area contributed by atoms with Gasteiger partial charge >= 0.3 is 0 Å². The van der Waals surface area contributed by atoms with Gasteiger partial charge in [0.2, 0.25) is 0 Å². The summed E-state index contributed by atoms with van der Waals surface area (Å²) in [5.74, 6) is 1.14. The van der Waals surface area contributed by atoms with Crippen LogP contribution in [-0.2, 0) is 6.54 Å². The van der Waals surface area contributed by atoms with Crippen LogP contribution in [0.5, 0.6) is 0 Å². The minimum Gasteiger partial charge on any atom is -0.391 e. The van der Waals surface area contributed by atoms with Crippen LogP contribution in [0, 0.1) is 11.8 Å². The molecule has 3 heteroatoms. The highest BCUT2D eigenvalue weighted by Crippen LogP contribution is 2.35. The lowest BCUT2D eigenvalue weighted by atomic mass is 9.75. The molecule has 1 aliphatic rings. The highest BCUT2D eigenvalue weighted by atomic mass is 16.3. The summed E-state index contributed by atoms with van der Waals surface area (Å²) in [5, 5.41) is 10.7. The van der Waals surface area contributed by atoms with Crippen molar-refractivity contribution in [3.8, 4) is 0 Å². The van der Waals surface area contributed by atoms with Crippen molar-refractivity contribution in [3.63, 3.8) is 0 Å². The third-order valence-electron chi connectivity index (χ3n) is 4.90. The first-order chi connectivity index (χ1) is 9.79. The van der Waals surface area contributed by atoms with Gasteiger partial charge in [-0.1, -0.05) is 44.7 Å². The van der Waals surface area contributed by atoms with Crippen molar-refractivity contribution in [2.75, 3.05) is 0 Å². The van der Waals surface area contributed by atoms with Crippen LogP contribution in [0.25, 0.3) is 11.0 Å². The van der Waals surface area contributed by atoms with Gasteiger partial charge in [0.05, 0.1) is 30.0 Å². The second kappa shape index (κ2) is 5.96. The van der Waals surface area contributed by atoms with Crippen LogP contribution in [-0.4, -0.2) is 20.8 Å². The number of nitrogens with zero attached hydrogens (tertiary/aromatic N) is 2. The zero-order valence-corrected chi connectivity index (χ0v) is 12.2. The fraction of sp³-hybridized carbons (Fsp3) is 0.588. The lowest BCUT2D eigenvalue weighted by molar-refractivity contribution is 0.0347. The van der Waals surface area contributed by atoms with Gasteiger partial charge in [-0.15, -0.1) is 0 Å². The van der Waals surface area contributed by atoms with E-state index in [4.69, 9.17) is 0 Å². The van der Waals surface area contributed by atoms with E-state index in [1.165, 1.54) is 32.1 Å². The second-order valence-corrected chi connectivity index (χ2v) is 6.07. The van der Waals surface area contributed by atoms with Crippen molar-refractivity contribution in [2.45, 2.75) is 51.7 Å². The van der Waals surface area contributed by atoms with Gasteiger partial charge in [-0.2, -0.15) is 0 Å². The molecule has 3 atom stereocenters. The smallest absolute Gasteiger partial charge is 0.0959 e. The Bertz CT molecular complexity index is 563. The van der Waals surface area contributed by atoms with Crippen molar-refractivity contribution < 1.29 is 5.11 Å². The molecule has 2 aromatic rings. The number of benzene rings is 1. The van der Waals surface area contributed by atoms with E-state index in [1.54, 1.807) is 0 Å². The topological polar surface area (TPSA) is 38.0 Å². The largest absolute Gasteiger partial charge is 0.391 e. The molecule has 20 heavy (non-hydrogen) atoms. The zero-order valence-electron chi connectivity index (χ0n) is 12.2. The Hall–Kier alpha value is -1.35. The van der Waals surface area contributed by atoms with E-state index in [1.807, 2.05) is 24.5 Å². The Labute approximate surface area is 120 Å². The number of hydrogen-bond donors (Lipinski definition) is 1. The van der Waals surface area contributed by atoms with E-state index in [2.05, 4.69) is 22.5 Å². The Balaban J connectivity index is 1.76. The Morgan fingerprint density at radius 1 is 1.30 bits per heavy atom. The summed E-state index contributed by atoms with van der Waals surface area (Å²) in [6.07, 6.45) is 7.84. The number of rotatable bonds is 4. The van der Waals surface area contributed by atoms with Crippen molar-refractivity contribution >= 4 is 11.0 Å². The number of imidazole rings is 1. The maximum atomic E-state index is 10.7. The second-order valence-electron chi connectivity index (χ2n) is 6.07. The number of aliphatic hydroxyl groups excluding tert-OH is 1. The van der Waals surface area contributed by atoms with Gasteiger partial charge in [0.1, 0.15) is 0 Å². The molecule has 3 unspecified atom stereocenters. The summed E-state index contributed by atoms with van der Waals surface area (Å²) in [6.45, 7) is 2.92. The lowest BCUT2D eigenvalue weighted by Gasteiger charge is -2.34. The van der Waals surface area contributed by atoms with Crippen LogP contribution in [0.1, 0.15) is 39.0 Å². The van der Waals surface area contributed by atoms with Gasteiger partial charge < -0.3 is 9.67 Å². The normalized spacial score (nSPS) is 24.9. The minimum atomic E-state index is -0.252. The fourth-order valence-corrected chi connectivity index (χ4v) is 3.74. The van der Waals surface area contributed by atoms with E-state index in [9.17, 15) is 5.11 Å². The predicted molar refractivity (Wildman–Crippen MR) is 81.5 cm³/mol. The molecule has 1 aromatic carbocycles. The molecule has 0 amide bonds. The van der Waals surface area contributed by atoms with Crippen molar-refractivity contribution in [2.24, 2.45) is 11.8 Å². The maximum absolute atomic E-state index is 10.7. The number of para-hydroxylation sites is 2. The average molecular weight is 272 g/mol. The maximum Gasteiger partial charge on any atom is 0.0959 e. The Morgan fingerprint density at radius 2 is 2.10 bits per heavy atom. The molecule has 1 saturated carbocycles. The fourth-order valence-electron chi connectivity index (χ4n) is 3.74. The summed E-state index contributed by atoms with van der Waals surface area (Å²) in [6, 6.07) is 8.13. The molecule has 3 nitrogen and oxygen atoms in total. The SMILES string of the molecule is CCC1CCCCC1C(O)Cn1cnc2ccccc21. The van der Waals surface area contributed by atoms with Crippen LogP contribution >= 0.6 is 0 Å². The van der Waals surface area contributed by atoms with E-state index in [0.29, 0.717) is 18.4 Å². The summed E-state index contributed by atoms with van der Waals surface area (Å²) in [4.78, 5) is 4.41. The summed E-state index contributed by atoms with van der Waals surface area (Å²) < 4.78 is 2.10. The molecule has 1 aliphatic carbocycles. The first-order valence-electron chi connectivity index (χ1n) is 7.87. The summed E-state index contributed by atoms with van der Waals surface area (Å²) in [7, 11) is 0. The van der Waals surface area contributed by atoms with Crippen LogP contribution in [0.15, 0.2) is 30.6 Å². The number of aromatic nitrogens is 2. The molecule has 0 spiro atoms. The molecule has 0 bridgehead atoms. The third kappa shape index (κ3) is 2.59. The monoisotopic (exact) mass is 272 g/mol. The molecular weight excluding hydrogens is 248 g/mol. The number of aliphatic hydroxyl groups is 1. The minimum absolute atomic E-state index is 0.252. The van der Waals surface area contributed by atoms with E-state index in [-0.39, 0.29) is 6.10 Å². The van der Waals surface area contributed by atoms with Gasteiger partial charge in [0, 0.05) is 0 Å².